The number of rotatable bonds is 8. The van der Waals surface area contributed by atoms with E-state index in [2.05, 4.69) is 16.3 Å². The Bertz CT molecular complexity index is 925. The van der Waals surface area contributed by atoms with Crippen LogP contribution in [-0.2, 0) is 17.0 Å². The first-order valence-electron chi connectivity index (χ1n) is 8.44. The molecule has 140 valence electrons. The van der Waals surface area contributed by atoms with Crippen LogP contribution in [0.4, 0.5) is 5.69 Å². The molecule has 0 N–H and O–H groups in total. The topological polar surface area (TPSA) is 83.1 Å². The third-order valence-electron chi connectivity index (χ3n) is 4.03. The highest BCUT2D eigenvalue weighted by Gasteiger charge is 2.15. The summed E-state index contributed by atoms with van der Waals surface area (Å²) in [4.78, 5) is 10.4. The van der Waals surface area contributed by atoms with E-state index in [1.54, 1.807) is 31.0 Å². The van der Waals surface area contributed by atoms with E-state index in [1.165, 1.54) is 12.1 Å². The van der Waals surface area contributed by atoms with Gasteiger partial charge in [-0.25, -0.2) is 0 Å². The van der Waals surface area contributed by atoms with Crippen molar-refractivity contribution >= 4 is 17.4 Å². The number of hydrogen-bond donors (Lipinski definition) is 0. The zero-order chi connectivity index (χ0) is 19.2. The number of ether oxygens (including phenoxy) is 1. The molecule has 1 aromatic heterocycles. The highest BCUT2D eigenvalue weighted by Crippen LogP contribution is 2.27. The molecule has 0 aliphatic carbocycles. The van der Waals surface area contributed by atoms with E-state index < -0.39 is 4.92 Å². The summed E-state index contributed by atoms with van der Waals surface area (Å²) in [5, 5.41) is 20.3. The fourth-order valence-electron chi connectivity index (χ4n) is 2.64. The summed E-state index contributed by atoms with van der Waals surface area (Å²) in [6, 6.07) is 14.7. The molecule has 0 radical (unpaired) electrons. The maximum Gasteiger partial charge on any atom is 0.269 e. The van der Waals surface area contributed by atoms with Gasteiger partial charge in [0.25, 0.3) is 5.69 Å². The number of aromatic nitrogens is 3. The molecule has 3 aromatic rings. The van der Waals surface area contributed by atoms with Crippen LogP contribution in [-0.4, -0.2) is 33.4 Å². The molecule has 0 bridgehead atoms. The molecular formula is C19H20N4O3S. The van der Waals surface area contributed by atoms with Crippen molar-refractivity contribution in [1.82, 2.24) is 14.8 Å². The van der Waals surface area contributed by atoms with Crippen LogP contribution in [0.5, 0.6) is 0 Å². The zero-order valence-electron chi connectivity index (χ0n) is 15.2. The van der Waals surface area contributed by atoms with Gasteiger partial charge in [-0.3, -0.25) is 14.7 Å². The molecule has 0 unspecified atom stereocenters. The van der Waals surface area contributed by atoms with E-state index in [-0.39, 0.29) is 5.69 Å². The first kappa shape index (κ1) is 19.1. The van der Waals surface area contributed by atoms with Crippen LogP contribution in [0.2, 0.25) is 0 Å². The Balaban J connectivity index is 1.81. The van der Waals surface area contributed by atoms with Gasteiger partial charge in [-0.2, -0.15) is 0 Å². The molecule has 2 aromatic carbocycles. The van der Waals surface area contributed by atoms with E-state index in [0.717, 1.165) is 27.7 Å². The predicted molar refractivity (Wildman–Crippen MR) is 105 cm³/mol. The molecule has 1 heterocycles. The van der Waals surface area contributed by atoms with Crippen LogP contribution in [0, 0.1) is 17.0 Å². The molecule has 0 aliphatic rings. The van der Waals surface area contributed by atoms with Crippen LogP contribution >= 0.6 is 11.8 Å². The lowest BCUT2D eigenvalue weighted by molar-refractivity contribution is -0.384. The standard InChI is InChI=1S/C19H20N4O3S/c1-14-4-3-5-16(12-14)18-20-21-19(22(18)10-11-26-2)27-13-15-6-8-17(9-7-15)23(24)25/h3-9,12H,10-11,13H2,1-2H3. The number of nitro groups is 1. The van der Waals surface area contributed by atoms with E-state index in [4.69, 9.17) is 4.74 Å². The van der Waals surface area contributed by atoms with Gasteiger partial charge in [0.05, 0.1) is 18.1 Å². The highest BCUT2D eigenvalue weighted by molar-refractivity contribution is 7.98. The second kappa shape index (κ2) is 8.79. The molecular weight excluding hydrogens is 364 g/mol. The van der Waals surface area contributed by atoms with Gasteiger partial charge in [0.15, 0.2) is 11.0 Å². The Morgan fingerprint density at radius 2 is 1.96 bits per heavy atom. The number of nitro benzene ring substituents is 1. The predicted octanol–water partition coefficient (Wildman–Crippen LogP) is 4.10. The fourth-order valence-corrected chi connectivity index (χ4v) is 3.56. The van der Waals surface area contributed by atoms with Crippen molar-refractivity contribution in [3.8, 4) is 11.4 Å². The lowest BCUT2D eigenvalue weighted by Gasteiger charge is -2.10. The van der Waals surface area contributed by atoms with Gasteiger partial charge in [0.2, 0.25) is 0 Å². The number of aryl methyl sites for hydroxylation is 1. The van der Waals surface area contributed by atoms with E-state index in [1.807, 2.05) is 29.7 Å². The largest absolute Gasteiger partial charge is 0.383 e. The quantitative estimate of drug-likeness (QED) is 0.330. The van der Waals surface area contributed by atoms with E-state index >= 15 is 0 Å². The molecule has 0 saturated carbocycles. The zero-order valence-corrected chi connectivity index (χ0v) is 16.0. The monoisotopic (exact) mass is 384 g/mol. The van der Waals surface area contributed by atoms with Gasteiger partial charge < -0.3 is 4.74 Å². The number of methoxy groups -OCH3 is 1. The highest BCUT2D eigenvalue weighted by atomic mass is 32.2. The first-order chi connectivity index (χ1) is 13.1. The minimum atomic E-state index is -0.396. The molecule has 0 aliphatic heterocycles. The average Bonchev–Trinajstić information content (AvgIpc) is 3.07. The lowest BCUT2D eigenvalue weighted by atomic mass is 10.1. The second-order valence-electron chi connectivity index (χ2n) is 6.03. The molecule has 0 fully saturated rings. The van der Waals surface area contributed by atoms with Crippen molar-refractivity contribution in [1.29, 1.82) is 0 Å². The minimum Gasteiger partial charge on any atom is -0.383 e. The average molecular weight is 384 g/mol. The normalized spacial score (nSPS) is 10.9. The van der Waals surface area contributed by atoms with Crippen LogP contribution < -0.4 is 0 Å². The number of hydrogen-bond acceptors (Lipinski definition) is 6. The molecule has 0 atom stereocenters. The maximum atomic E-state index is 10.8. The molecule has 7 nitrogen and oxygen atoms in total. The first-order valence-corrected chi connectivity index (χ1v) is 9.42. The molecule has 8 heteroatoms. The van der Waals surface area contributed by atoms with Gasteiger partial charge in [-0.1, -0.05) is 47.7 Å². The number of nitrogens with zero attached hydrogens (tertiary/aromatic N) is 4. The Labute approximate surface area is 161 Å². The summed E-state index contributed by atoms with van der Waals surface area (Å²) < 4.78 is 7.28. The molecule has 0 saturated heterocycles. The number of thioether (sulfide) groups is 1. The van der Waals surface area contributed by atoms with Crippen molar-refractivity contribution < 1.29 is 9.66 Å². The summed E-state index contributed by atoms with van der Waals surface area (Å²) in [6.45, 7) is 3.25. The third kappa shape index (κ3) is 4.72. The minimum absolute atomic E-state index is 0.0914. The van der Waals surface area contributed by atoms with Gasteiger partial charge in [0, 0.05) is 30.6 Å². The van der Waals surface area contributed by atoms with Crippen molar-refractivity contribution in [2.45, 2.75) is 24.4 Å². The molecule has 0 spiro atoms. The SMILES string of the molecule is COCCn1c(SCc2ccc([N+](=O)[O-])cc2)nnc1-c1cccc(C)c1. The van der Waals surface area contributed by atoms with Gasteiger partial charge in [0.1, 0.15) is 0 Å². The summed E-state index contributed by atoms with van der Waals surface area (Å²) in [5.41, 5.74) is 3.26. The summed E-state index contributed by atoms with van der Waals surface area (Å²) >= 11 is 1.55. The Morgan fingerprint density at radius 1 is 1.19 bits per heavy atom. The van der Waals surface area contributed by atoms with Crippen LogP contribution in [0.25, 0.3) is 11.4 Å². The van der Waals surface area contributed by atoms with E-state index in [9.17, 15) is 10.1 Å². The molecule has 3 rings (SSSR count). The Kier molecular flexibility index (Phi) is 6.20. The summed E-state index contributed by atoms with van der Waals surface area (Å²) in [5.74, 6) is 1.46. The summed E-state index contributed by atoms with van der Waals surface area (Å²) in [6.07, 6.45) is 0. The van der Waals surface area contributed by atoms with E-state index in [0.29, 0.717) is 18.9 Å². The van der Waals surface area contributed by atoms with Gasteiger partial charge >= 0.3 is 0 Å². The van der Waals surface area contributed by atoms with Crippen molar-refractivity contribution in [3.63, 3.8) is 0 Å². The number of non-ortho nitro benzene ring substituents is 1. The Hall–Kier alpha value is -2.71. The van der Waals surface area contributed by atoms with Gasteiger partial charge in [-0.05, 0) is 18.6 Å². The van der Waals surface area contributed by atoms with Crippen LogP contribution in [0.15, 0.2) is 53.7 Å². The van der Waals surface area contributed by atoms with Crippen molar-refractivity contribution in [2.24, 2.45) is 0 Å². The Morgan fingerprint density at radius 3 is 2.63 bits per heavy atom. The lowest BCUT2D eigenvalue weighted by Crippen LogP contribution is -2.07. The molecule has 0 amide bonds. The van der Waals surface area contributed by atoms with Crippen LogP contribution in [0.1, 0.15) is 11.1 Å². The molecule has 27 heavy (non-hydrogen) atoms. The fraction of sp³-hybridized carbons (Fsp3) is 0.263. The van der Waals surface area contributed by atoms with Gasteiger partial charge in [-0.15, -0.1) is 10.2 Å². The number of benzene rings is 2. The maximum absolute atomic E-state index is 10.8. The van der Waals surface area contributed by atoms with Crippen molar-refractivity contribution in [2.75, 3.05) is 13.7 Å². The van der Waals surface area contributed by atoms with Crippen molar-refractivity contribution in [3.05, 3.63) is 69.8 Å². The third-order valence-corrected chi connectivity index (χ3v) is 5.07. The van der Waals surface area contributed by atoms with Crippen LogP contribution in [0.3, 0.4) is 0 Å². The second-order valence-corrected chi connectivity index (χ2v) is 6.97. The smallest absolute Gasteiger partial charge is 0.269 e. The summed E-state index contributed by atoms with van der Waals surface area (Å²) in [7, 11) is 1.67.